The summed E-state index contributed by atoms with van der Waals surface area (Å²) in [4.78, 5) is 12.1. The summed E-state index contributed by atoms with van der Waals surface area (Å²) in [5.41, 5.74) is 8.66. The van der Waals surface area contributed by atoms with Crippen LogP contribution in [0.3, 0.4) is 0 Å². The van der Waals surface area contributed by atoms with Crippen molar-refractivity contribution >= 4 is 27.5 Å². The molecule has 0 heterocycles. The zero-order chi connectivity index (χ0) is 13.7. The first-order valence-electron chi connectivity index (χ1n) is 6.27. The van der Waals surface area contributed by atoms with Gasteiger partial charge in [-0.15, -0.1) is 0 Å². The Morgan fingerprint density at radius 1 is 1.39 bits per heavy atom. The standard InChI is InChI=1S/C14H21BrN2O/c1-4-5-11(8-16)14(18)17-13-9(2)6-12(15)7-10(13)3/h6-7,11H,4-5,8,16H2,1-3H3,(H,17,18). The Kier molecular flexibility index (Phi) is 5.82. The van der Waals surface area contributed by atoms with Crippen LogP contribution in [0.2, 0.25) is 0 Å². The number of benzene rings is 1. The van der Waals surface area contributed by atoms with Crippen LogP contribution in [0.25, 0.3) is 0 Å². The smallest absolute Gasteiger partial charge is 0.228 e. The topological polar surface area (TPSA) is 55.1 Å². The van der Waals surface area contributed by atoms with Crippen LogP contribution in [-0.2, 0) is 4.79 Å². The Bertz CT molecular complexity index is 409. The Morgan fingerprint density at radius 2 is 1.94 bits per heavy atom. The van der Waals surface area contributed by atoms with Gasteiger partial charge >= 0.3 is 0 Å². The van der Waals surface area contributed by atoms with Crippen LogP contribution in [0.1, 0.15) is 30.9 Å². The maximum absolute atomic E-state index is 12.1. The predicted molar refractivity (Wildman–Crippen MR) is 79.7 cm³/mol. The molecule has 3 N–H and O–H groups in total. The molecule has 3 nitrogen and oxygen atoms in total. The molecule has 1 amide bonds. The number of hydrogen-bond donors (Lipinski definition) is 2. The first kappa shape index (κ1) is 15.2. The largest absolute Gasteiger partial charge is 0.330 e. The van der Waals surface area contributed by atoms with E-state index in [-0.39, 0.29) is 11.8 Å². The zero-order valence-corrected chi connectivity index (χ0v) is 12.8. The molecule has 18 heavy (non-hydrogen) atoms. The van der Waals surface area contributed by atoms with E-state index in [0.717, 1.165) is 34.1 Å². The van der Waals surface area contributed by atoms with Crippen LogP contribution in [0.15, 0.2) is 16.6 Å². The summed E-state index contributed by atoms with van der Waals surface area (Å²) in [5.74, 6) is -0.0784. The highest BCUT2D eigenvalue weighted by Crippen LogP contribution is 2.25. The molecule has 0 spiro atoms. The van der Waals surface area contributed by atoms with Gasteiger partial charge in [0.2, 0.25) is 5.91 Å². The lowest BCUT2D eigenvalue weighted by molar-refractivity contribution is -0.119. The van der Waals surface area contributed by atoms with E-state index in [4.69, 9.17) is 5.73 Å². The number of nitrogens with two attached hydrogens (primary N) is 1. The van der Waals surface area contributed by atoms with Crippen LogP contribution in [0.5, 0.6) is 0 Å². The molecule has 0 saturated carbocycles. The highest BCUT2D eigenvalue weighted by molar-refractivity contribution is 9.10. The molecule has 0 bridgehead atoms. The summed E-state index contributed by atoms with van der Waals surface area (Å²) in [5, 5.41) is 3.00. The Morgan fingerprint density at radius 3 is 2.39 bits per heavy atom. The summed E-state index contributed by atoms with van der Waals surface area (Å²) in [7, 11) is 0. The summed E-state index contributed by atoms with van der Waals surface area (Å²) >= 11 is 3.45. The van der Waals surface area contributed by atoms with Crippen molar-refractivity contribution in [3.63, 3.8) is 0 Å². The second-order valence-electron chi connectivity index (χ2n) is 4.63. The van der Waals surface area contributed by atoms with E-state index in [9.17, 15) is 4.79 Å². The van der Waals surface area contributed by atoms with Crippen LogP contribution in [0.4, 0.5) is 5.69 Å². The van der Waals surface area contributed by atoms with Crippen LogP contribution in [-0.4, -0.2) is 12.5 Å². The van der Waals surface area contributed by atoms with Gasteiger partial charge in [0, 0.05) is 16.7 Å². The number of hydrogen-bond acceptors (Lipinski definition) is 2. The molecule has 1 aromatic carbocycles. The van der Waals surface area contributed by atoms with Crippen molar-refractivity contribution in [3.8, 4) is 0 Å². The maximum atomic E-state index is 12.1. The highest BCUT2D eigenvalue weighted by atomic mass is 79.9. The van der Waals surface area contributed by atoms with Gasteiger partial charge in [-0.05, 0) is 43.5 Å². The van der Waals surface area contributed by atoms with Gasteiger partial charge in [0.05, 0.1) is 5.92 Å². The van der Waals surface area contributed by atoms with Crippen LogP contribution in [0, 0.1) is 19.8 Å². The second-order valence-corrected chi connectivity index (χ2v) is 5.54. The van der Waals surface area contributed by atoms with E-state index >= 15 is 0 Å². The van der Waals surface area contributed by atoms with Gasteiger partial charge in [-0.3, -0.25) is 4.79 Å². The van der Waals surface area contributed by atoms with Gasteiger partial charge in [-0.1, -0.05) is 29.3 Å². The summed E-state index contributed by atoms with van der Waals surface area (Å²) in [6.07, 6.45) is 1.80. The van der Waals surface area contributed by atoms with Gasteiger partial charge in [-0.2, -0.15) is 0 Å². The number of carbonyl (C=O) groups is 1. The lowest BCUT2D eigenvalue weighted by Gasteiger charge is -2.17. The molecule has 1 rings (SSSR count). The molecular formula is C14H21BrN2O. The normalized spacial score (nSPS) is 12.3. The van der Waals surface area contributed by atoms with E-state index in [1.165, 1.54) is 0 Å². The fourth-order valence-corrected chi connectivity index (χ4v) is 2.72. The van der Waals surface area contributed by atoms with Crippen molar-refractivity contribution in [3.05, 3.63) is 27.7 Å². The van der Waals surface area contributed by atoms with E-state index in [0.29, 0.717) is 6.54 Å². The molecule has 0 fully saturated rings. The number of amides is 1. The SMILES string of the molecule is CCCC(CN)C(=O)Nc1c(C)cc(Br)cc1C. The first-order valence-corrected chi connectivity index (χ1v) is 7.06. The number of halogens is 1. The molecule has 1 unspecified atom stereocenters. The Hall–Kier alpha value is -0.870. The lowest BCUT2D eigenvalue weighted by Crippen LogP contribution is -2.29. The predicted octanol–water partition coefficient (Wildman–Crippen LogP) is 3.38. The van der Waals surface area contributed by atoms with Crippen molar-refractivity contribution in [2.75, 3.05) is 11.9 Å². The van der Waals surface area contributed by atoms with Crippen LogP contribution < -0.4 is 11.1 Å². The minimum absolute atomic E-state index is 0.0212. The molecular weight excluding hydrogens is 292 g/mol. The van der Waals surface area contributed by atoms with E-state index in [2.05, 4.69) is 28.2 Å². The van der Waals surface area contributed by atoms with Gasteiger partial charge in [0.25, 0.3) is 0 Å². The Labute approximate surface area is 117 Å². The minimum Gasteiger partial charge on any atom is -0.330 e. The van der Waals surface area contributed by atoms with Crippen molar-refractivity contribution in [1.82, 2.24) is 0 Å². The third-order valence-corrected chi connectivity index (χ3v) is 3.50. The zero-order valence-electron chi connectivity index (χ0n) is 11.2. The van der Waals surface area contributed by atoms with Crippen molar-refractivity contribution in [2.24, 2.45) is 11.7 Å². The van der Waals surface area contributed by atoms with Gasteiger partial charge in [0.15, 0.2) is 0 Å². The van der Waals surface area contributed by atoms with Gasteiger partial charge < -0.3 is 11.1 Å². The molecule has 4 heteroatoms. The van der Waals surface area contributed by atoms with Crippen molar-refractivity contribution in [2.45, 2.75) is 33.6 Å². The van der Waals surface area contributed by atoms with E-state index in [1.807, 2.05) is 26.0 Å². The van der Waals surface area contributed by atoms with Gasteiger partial charge in [-0.25, -0.2) is 0 Å². The number of nitrogens with one attached hydrogen (secondary N) is 1. The van der Waals surface area contributed by atoms with E-state index < -0.39 is 0 Å². The maximum Gasteiger partial charge on any atom is 0.228 e. The fraction of sp³-hybridized carbons (Fsp3) is 0.500. The monoisotopic (exact) mass is 312 g/mol. The average molecular weight is 313 g/mol. The molecule has 0 aliphatic heterocycles. The summed E-state index contributed by atoms with van der Waals surface area (Å²) in [6.45, 7) is 6.44. The average Bonchev–Trinajstić information content (AvgIpc) is 2.30. The Balaban J connectivity index is 2.87. The minimum atomic E-state index is -0.0996. The molecule has 0 aliphatic rings. The molecule has 0 radical (unpaired) electrons. The molecule has 0 saturated heterocycles. The molecule has 1 atom stereocenters. The van der Waals surface area contributed by atoms with Crippen molar-refractivity contribution < 1.29 is 4.79 Å². The molecule has 0 aromatic heterocycles. The lowest BCUT2D eigenvalue weighted by atomic mass is 10.0. The number of aryl methyl sites for hydroxylation is 2. The molecule has 1 aromatic rings. The number of rotatable bonds is 5. The van der Waals surface area contributed by atoms with Crippen molar-refractivity contribution in [1.29, 1.82) is 0 Å². The fourth-order valence-electron chi connectivity index (χ4n) is 2.04. The quantitative estimate of drug-likeness (QED) is 0.875. The number of carbonyl (C=O) groups excluding carboxylic acids is 1. The van der Waals surface area contributed by atoms with E-state index in [1.54, 1.807) is 0 Å². The first-order chi connectivity index (χ1) is 8.49. The van der Waals surface area contributed by atoms with Crippen LogP contribution >= 0.6 is 15.9 Å². The molecule has 0 aliphatic carbocycles. The summed E-state index contributed by atoms with van der Waals surface area (Å²) < 4.78 is 1.03. The molecule has 100 valence electrons. The third-order valence-electron chi connectivity index (χ3n) is 3.04. The second kappa shape index (κ2) is 6.90. The number of anilines is 1. The van der Waals surface area contributed by atoms with Gasteiger partial charge in [0.1, 0.15) is 0 Å². The summed E-state index contributed by atoms with van der Waals surface area (Å²) in [6, 6.07) is 4.00. The third kappa shape index (κ3) is 3.82. The highest BCUT2D eigenvalue weighted by Gasteiger charge is 2.17.